The second kappa shape index (κ2) is 16.2. The number of esters is 3. The lowest BCUT2D eigenvalue weighted by molar-refractivity contribution is -0.144. The molecule has 0 N–H and O–H groups in total. The molecule has 0 unspecified atom stereocenters. The summed E-state index contributed by atoms with van der Waals surface area (Å²) in [5.41, 5.74) is 0. The van der Waals surface area contributed by atoms with Crippen molar-refractivity contribution in [1.82, 2.24) is 0 Å². The van der Waals surface area contributed by atoms with Crippen LogP contribution in [-0.2, 0) is 42.2 Å². The lowest BCUT2D eigenvalue weighted by Crippen LogP contribution is -2.11. The minimum absolute atomic E-state index is 0.0450. The number of ether oxygens (including phenoxy) is 3. The van der Waals surface area contributed by atoms with Crippen LogP contribution in [0.25, 0.3) is 0 Å². The molecule has 146 valence electrons. The van der Waals surface area contributed by atoms with Crippen LogP contribution in [0.5, 0.6) is 0 Å². The molecule has 25 heavy (non-hydrogen) atoms. The Hall–Kier alpha value is -1.28. The van der Waals surface area contributed by atoms with Gasteiger partial charge in [-0.2, -0.15) is 0 Å². The van der Waals surface area contributed by atoms with Crippen molar-refractivity contribution in [2.75, 3.05) is 39.6 Å². The highest BCUT2D eigenvalue weighted by molar-refractivity contribution is 7.41. The van der Waals surface area contributed by atoms with Crippen molar-refractivity contribution >= 4 is 26.5 Å². The summed E-state index contributed by atoms with van der Waals surface area (Å²) in [6.07, 6.45) is 0.152. The molecule has 0 aromatic rings. The third-order valence-corrected chi connectivity index (χ3v) is 3.60. The Morgan fingerprint density at radius 1 is 0.600 bits per heavy atom. The van der Waals surface area contributed by atoms with Crippen LogP contribution >= 0.6 is 8.60 Å². The van der Waals surface area contributed by atoms with E-state index in [2.05, 4.69) is 0 Å². The van der Waals surface area contributed by atoms with Gasteiger partial charge in [-0.1, -0.05) is 0 Å². The summed E-state index contributed by atoms with van der Waals surface area (Å²) >= 11 is 0. The molecule has 0 saturated carbocycles. The van der Waals surface area contributed by atoms with Gasteiger partial charge in [0, 0.05) is 0 Å². The summed E-state index contributed by atoms with van der Waals surface area (Å²) in [5.74, 6) is -1.18. The lowest BCUT2D eigenvalue weighted by atomic mass is 10.5. The van der Waals surface area contributed by atoms with Gasteiger partial charge in [0.15, 0.2) is 0 Å². The van der Waals surface area contributed by atoms with Crippen LogP contribution in [0.15, 0.2) is 0 Å². The van der Waals surface area contributed by atoms with Gasteiger partial charge in [0.2, 0.25) is 0 Å². The van der Waals surface area contributed by atoms with Crippen molar-refractivity contribution < 1.29 is 42.2 Å². The van der Waals surface area contributed by atoms with Crippen molar-refractivity contribution in [3.05, 3.63) is 0 Å². The highest BCUT2D eigenvalue weighted by Crippen LogP contribution is 2.40. The maximum Gasteiger partial charge on any atom is 0.332 e. The van der Waals surface area contributed by atoms with E-state index in [1.54, 1.807) is 20.8 Å². The lowest BCUT2D eigenvalue weighted by Gasteiger charge is -2.16. The number of hydrogen-bond acceptors (Lipinski definition) is 9. The number of carbonyl (C=O) groups is 3. The van der Waals surface area contributed by atoms with E-state index in [0.717, 1.165) is 0 Å². The summed E-state index contributed by atoms with van der Waals surface area (Å²) in [4.78, 5) is 33.8. The first-order valence-electron chi connectivity index (χ1n) is 8.19. The van der Waals surface area contributed by atoms with Gasteiger partial charge in [-0.25, -0.2) is 0 Å². The molecule has 0 heterocycles. The number of hydrogen-bond donors (Lipinski definition) is 0. The minimum Gasteiger partial charge on any atom is -0.466 e. The average molecular weight is 382 g/mol. The standard InChI is InChI=1S/C15H27O9P/c1-4-19-13(16)7-10-22-25(23-11-8-14(17)20-5-2)24-12-9-15(18)21-6-3/h4-12H2,1-3H3. The van der Waals surface area contributed by atoms with Gasteiger partial charge in [0.1, 0.15) is 0 Å². The van der Waals surface area contributed by atoms with E-state index in [-0.39, 0.29) is 39.1 Å². The van der Waals surface area contributed by atoms with Gasteiger partial charge < -0.3 is 27.8 Å². The molecule has 0 fully saturated rings. The number of rotatable bonds is 15. The second-order valence-electron chi connectivity index (χ2n) is 4.39. The normalized spacial score (nSPS) is 10.6. The molecular formula is C15H27O9P. The van der Waals surface area contributed by atoms with E-state index < -0.39 is 26.5 Å². The zero-order valence-corrected chi connectivity index (χ0v) is 15.9. The summed E-state index contributed by atoms with van der Waals surface area (Å²) in [6, 6.07) is 0. The van der Waals surface area contributed by atoms with Crippen molar-refractivity contribution in [2.45, 2.75) is 40.0 Å². The van der Waals surface area contributed by atoms with Crippen molar-refractivity contribution in [3.8, 4) is 0 Å². The molecular weight excluding hydrogens is 355 g/mol. The molecule has 0 aliphatic carbocycles. The monoisotopic (exact) mass is 382 g/mol. The van der Waals surface area contributed by atoms with Crippen LogP contribution in [0.4, 0.5) is 0 Å². The summed E-state index contributed by atoms with van der Waals surface area (Å²) in [5, 5.41) is 0. The molecule has 0 saturated heterocycles. The van der Waals surface area contributed by atoms with Gasteiger partial charge >= 0.3 is 26.5 Å². The third-order valence-electron chi connectivity index (χ3n) is 2.42. The third kappa shape index (κ3) is 14.7. The molecule has 0 aromatic carbocycles. The highest BCUT2D eigenvalue weighted by atomic mass is 31.2. The minimum atomic E-state index is -1.80. The van der Waals surface area contributed by atoms with Crippen molar-refractivity contribution in [3.63, 3.8) is 0 Å². The van der Waals surface area contributed by atoms with Crippen LogP contribution in [0.2, 0.25) is 0 Å². The SMILES string of the molecule is CCOC(=O)CCOP(OCCC(=O)OCC)OCCC(=O)OCC. The maximum atomic E-state index is 11.3. The molecule has 9 nitrogen and oxygen atoms in total. The molecule has 0 radical (unpaired) electrons. The van der Waals surface area contributed by atoms with Crippen molar-refractivity contribution in [2.24, 2.45) is 0 Å². The van der Waals surface area contributed by atoms with E-state index in [0.29, 0.717) is 19.8 Å². The molecule has 0 aromatic heterocycles. The highest BCUT2D eigenvalue weighted by Gasteiger charge is 2.16. The van der Waals surface area contributed by atoms with E-state index in [1.807, 2.05) is 0 Å². The van der Waals surface area contributed by atoms with E-state index in [4.69, 9.17) is 27.8 Å². The van der Waals surface area contributed by atoms with Gasteiger partial charge in [-0.15, -0.1) is 0 Å². The van der Waals surface area contributed by atoms with Crippen LogP contribution in [-0.4, -0.2) is 57.5 Å². The smallest absolute Gasteiger partial charge is 0.332 e. The van der Waals surface area contributed by atoms with E-state index >= 15 is 0 Å². The molecule has 0 rings (SSSR count). The van der Waals surface area contributed by atoms with E-state index in [9.17, 15) is 14.4 Å². The fraction of sp³-hybridized carbons (Fsp3) is 0.800. The summed E-state index contributed by atoms with van der Waals surface area (Å²) in [7, 11) is -1.80. The molecule has 10 heteroatoms. The summed E-state index contributed by atoms with van der Waals surface area (Å²) < 4.78 is 30.4. The van der Waals surface area contributed by atoms with Crippen LogP contribution in [0, 0.1) is 0 Å². The predicted octanol–water partition coefficient (Wildman–Crippen LogP) is 2.12. The molecule has 0 atom stereocenters. The van der Waals surface area contributed by atoms with Crippen LogP contribution < -0.4 is 0 Å². The first-order chi connectivity index (χ1) is 12.0. The van der Waals surface area contributed by atoms with Crippen LogP contribution in [0.3, 0.4) is 0 Å². The maximum absolute atomic E-state index is 11.3. The predicted molar refractivity (Wildman–Crippen MR) is 88.5 cm³/mol. The molecule has 0 aliphatic rings. The van der Waals surface area contributed by atoms with Gasteiger partial charge in [-0.3, -0.25) is 14.4 Å². The Balaban J connectivity index is 4.17. The van der Waals surface area contributed by atoms with Crippen molar-refractivity contribution in [1.29, 1.82) is 0 Å². The molecule has 0 aliphatic heterocycles. The Bertz CT molecular complexity index is 332. The quantitative estimate of drug-likeness (QED) is 0.239. The Morgan fingerprint density at radius 2 is 0.880 bits per heavy atom. The van der Waals surface area contributed by atoms with Gasteiger partial charge in [0.05, 0.1) is 58.9 Å². The largest absolute Gasteiger partial charge is 0.466 e. The molecule has 0 bridgehead atoms. The zero-order valence-electron chi connectivity index (χ0n) is 15.0. The first kappa shape index (κ1) is 23.7. The Morgan fingerprint density at radius 3 is 1.12 bits per heavy atom. The number of carbonyl (C=O) groups excluding carboxylic acids is 3. The fourth-order valence-corrected chi connectivity index (χ4v) is 2.37. The Kier molecular flexibility index (Phi) is 15.4. The first-order valence-corrected chi connectivity index (χ1v) is 9.28. The zero-order chi connectivity index (χ0) is 18.9. The van der Waals surface area contributed by atoms with Crippen LogP contribution in [0.1, 0.15) is 40.0 Å². The van der Waals surface area contributed by atoms with E-state index in [1.165, 1.54) is 0 Å². The average Bonchev–Trinajstić information content (AvgIpc) is 2.55. The molecule has 0 amide bonds. The van der Waals surface area contributed by atoms with Gasteiger partial charge in [0.25, 0.3) is 0 Å². The molecule has 0 spiro atoms. The second-order valence-corrected chi connectivity index (χ2v) is 5.61. The Labute approximate surface area is 149 Å². The fourth-order valence-electron chi connectivity index (χ4n) is 1.42. The summed E-state index contributed by atoms with van der Waals surface area (Å²) in [6.45, 7) is 6.14. The van der Waals surface area contributed by atoms with Gasteiger partial charge in [-0.05, 0) is 20.8 Å². The topological polar surface area (TPSA) is 107 Å².